The van der Waals surface area contributed by atoms with Crippen molar-refractivity contribution in [3.63, 3.8) is 0 Å². The normalized spacial score (nSPS) is 37.9. The molecule has 4 aliphatic carbocycles. The molecule has 1 N–H and O–H groups in total. The molecule has 1 atom stereocenters. The maximum absolute atomic E-state index is 12.7. The third kappa shape index (κ3) is 3.39. The van der Waals surface area contributed by atoms with E-state index in [9.17, 15) is 13.2 Å². The third-order valence-corrected chi connectivity index (χ3v) is 9.73. The Hall–Kier alpha value is -1.06. The zero-order chi connectivity index (χ0) is 19.5. The molecule has 0 radical (unpaired) electrons. The first-order chi connectivity index (χ1) is 13.3. The minimum Gasteiger partial charge on any atom is -0.300 e. The van der Waals surface area contributed by atoms with Gasteiger partial charge in [-0.25, -0.2) is 12.7 Å². The quantitative estimate of drug-likeness (QED) is 0.802. The summed E-state index contributed by atoms with van der Waals surface area (Å²) in [6, 6.07) is 0. The first-order valence-electron chi connectivity index (χ1n) is 10.4. The number of carbonyl (C=O) groups excluding carboxylic acids is 1. The lowest BCUT2D eigenvalue weighted by Crippen LogP contribution is -2.48. The maximum Gasteiger partial charge on any atom is 0.230 e. The molecule has 154 valence electrons. The van der Waals surface area contributed by atoms with Gasteiger partial charge in [0.2, 0.25) is 21.1 Å². The Morgan fingerprint density at radius 1 is 1.14 bits per heavy atom. The largest absolute Gasteiger partial charge is 0.300 e. The van der Waals surface area contributed by atoms with E-state index >= 15 is 0 Å². The van der Waals surface area contributed by atoms with Crippen LogP contribution in [0, 0.1) is 23.7 Å². The molecule has 1 amide bonds. The molecule has 1 aromatic rings. The fourth-order valence-corrected chi connectivity index (χ4v) is 8.40. The van der Waals surface area contributed by atoms with E-state index in [-0.39, 0.29) is 23.8 Å². The van der Waals surface area contributed by atoms with E-state index in [1.165, 1.54) is 60.4 Å². The fourth-order valence-electron chi connectivity index (χ4n) is 6.53. The molecular formula is C19H28N4O3S2. The van der Waals surface area contributed by atoms with Crippen LogP contribution < -0.4 is 5.32 Å². The average molecular weight is 425 g/mol. The summed E-state index contributed by atoms with van der Waals surface area (Å²) in [6.07, 6.45) is 10.5. The van der Waals surface area contributed by atoms with Gasteiger partial charge in [0.25, 0.3) is 0 Å². The number of sulfonamides is 1. The summed E-state index contributed by atoms with van der Waals surface area (Å²) in [5.74, 6) is 2.07. The van der Waals surface area contributed by atoms with Crippen molar-refractivity contribution in [3.05, 3.63) is 5.01 Å². The van der Waals surface area contributed by atoms with Crippen LogP contribution in [0.5, 0.6) is 0 Å². The molecule has 1 unspecified atom stereocenters. The van der Waals surface area contributed by atoms with E-state index in [0.29, 0.717) is 24.5 Å². The minimum atomic E-state index is -3.26. The molecule has 6 rings (SSSR count). The Balaban J connectivity index is 1.28. The van der Waals surface area contributed by atoms with E-state index in [1.807, 2.05) is 0 Å². The molecule has 4 bridgehead atoms. The van der Waals surface area contributed by atoms with Crippen LogP contribution in [0.4, 0.5) is 5.13 Å². The predicted molar refractivity (Wildman–Crippen MR) is 108 cm³/mol. The molecule has 7 nitrogen and oxygen atoms in total. The lowest BCUT2D eigenvalue weighted by atomic mass is 9.50. The minimum absolute atomic E-state index is 0.137. The number of hydrogen-bond acceptors (Lipinski definition) is 6. The molecular weight excluding hydrogens is 396 g/mol. The SMILES string of the molecule is CS(=O)(=O)N1CCCC(C(=O)Nc2nnc(C34CC5CC(CC(C5)C3)C4)s2)C1. The molecule has 9 heteroatoms. The summed E-state index contributed by atoms with van der Waals surface area (Å²) in [7, 11) is -3.26. The topological polar surface area (TPSA) is 92.3 Å². The number of anilines is 1. The van der Waals surface area contributed by atoms with Gasteiger partial charge in [0.05, 0.1) is 12.2 Å². The number of carbonyl (C=O) groups is 1. The molecule has 5 aliphatic rings. The first-order valence-corrected chi connectivity index (χ1v) is 13.1. The van der Waals surface area contributed by atoms with Crippen LogP contribution in [0.1, 0.15) is 56.4 Å². The van der Waals surface area contributed by atoms with Crippen LogP contribution in [0.3, 0.4) is 0 Å². The summed E-state index contributed by atoms with van der Waals surface area (Å²) >= 11 is 1.53. The van der Waals surface area contributed by atoms with Crippen LogP contribution in [0.15, 0.2) is 0 Å². The second-order valence-electron chi connectivity index (χ2n) is 9.56. The molecule has 0 aromatic carbocycles. The number of amides is 1. The van der Waals surface area contributed by atoms with Crippen molar-refractivity contribution in [2.75, 3.05) is 24.7 Å². The van der Waals surface area contributed by atoms with Crippen molar-refractivity contribution in [1.82, 2.24) is 14.5 Å². The zero-order valence-corrected chi connectivity index (χ0v) is 17.9. The highest BCUT2D eigenvalue weighted by atomic mass is 32.2. The van der Waals surface area contributed by atoms with E-state index in [1.54, 1.807) is 0 Å². The zero-order valence-electron chi connectivity index (χ0n) is 16.3. The van der Waals surface area contributed by atoms with Crippen molar-refractivity contribution < 1.29 is 13.2 Å². The Morgan fingerprint density at radius 3 is 2.39 bits per heavy atom. The van der Waals surface area contributed by atoms with Gasteiger partial charge in [0.1, 0.15) is 5.01 Å². The number of nitrogens with one attached hydrogen (secondary N) is 1. The lowest BCUT2D eigenvalue weighted by molar-refractivity contribution is -0.120. The molecule has 2 heterocycles. The number of nitrogens with zero attached hydrogens (tertiary/aromatic N) is 3. The van der Waals surface area contributed by atoms with Gasteiger partial charge in [-0.05, 0) is 69.1 Å². The van der Waals surface area contributed by atoms with Gasteiger partial charge in [0, 0.05) is 18.5 Å². The Kier molecular flexibility index (Phi) is 4.56. The molecule has 28 heavy (non-hydrogen) atoms. The van der Waals surface area contributed by atoms with Crippen LogP contribution in [-0.4, -0.2) is 48.2 Å². The standard InChI is InChI=1S/C19H28N4O3S2/c1-28(25,26)23-4-2-3-15(11-23)16(24)20-18-22-21-17(27-18)19-8-12-5-13(9-19)7-14(6-12)10-19/h12-15H,2-11H2,1H3,(H,20,22,24). The van der Waals surface area contributed by atoms with Gasteiger partial charge in [-0.2, -0.15) is 0 Å². The maximum atomic E-state index is 12.7. The van der Waals surface area contributed by atoms with Crippen LogP contribution in [0.2, 0.25) is 0 Å². The van der Waals surface area contributed by atoms with Crippen molar-refractivity contribution in [2.24, 2.45) is 23.7 Å². The summed E-state index contributed by atoms with van der Waals surface area (Å²) < 4.78 is 25.0. The van der Waals surface area contributed by atoms with Crippen molar-refractivity contribution in [3.8, 4) is 0 Å². The molecule has 1 aliphatic heterocycles. The summed E-state index contributed by atoms with van der Waals surface area (Å²) in [4.78, 5) is 12.7. The van der Waals surface area contributed by atoms with Gasteiger partial charge in [0.15, 0.2) is 0 Å². The molecule has 1 saturated heterocycles. The Labute approximate surface area is 170 Å². The summed E-state index contributed by atoms with van der Waals surface area (Å²) in [5, 5.41) is 13.4. The van der Waals surface area contributed by atoms with Crippen molar-refractivity contribution >= 4 is 32.4 Å². The second-order valence-corrected chi connectivity index (χ2v) is 12.5. The van der Waals surface area contributed by atoms with Crippen molar-refractivity contribution in [1.29, 1.82) is 0 Å². The van der Waals surface area contributed by atoms with Gasteiger partial charge in [-0.1, -0.05) is 11.3 Å². The smallest absolute Gasteiger partial charge is 0.230 e. The molecule has 0 spiro atoms. The lowest BCUT2D eigenvalue weighted by Gasteiger charge is -2.55. The van der Waals surface area contributed by atoms with E-state index in [4.69, 9.17) is 0 Å². The molecule has 1 aromatic heterocycles. The van der Waals surface area contributed by atoms with Crippen LogP contribution >= 0.6 is 11.3 Å². The second kappa shape index (κ2) is 6.74. The highest BCUT2D eigenvalue weighted by molar-refractivity contribution is 7.88. The van der Waals surface area contributed by atoms with E-state index in [0.717, 1.165) is 22.8 Å². The van der Waals surface area contributed by atoms with E-state index in [2.05, 4.69) is 15.5 Å². The molecule has 4 saturated carbocycles. The van der Waals surface area contributed by atoms with Gasteiger partial charge in [-0.15, -0.1) is 10.2 Å². The number of piperidine rings is 1. The van der Waals surface area contributed by atoms with Crippen LogP contribution in [-0.2, 0) is 20.2 Å². The van der Waals surface area contributed by atoms with Gasteiger partial charge < -0.3 is 5.32 Å². The number of rotatable bonds is 4. The van der Waals surface area contributed by atoms with Crippen molar-refractivity contribution in [2.45, 2.75) is 56.8 Å². The average Bonchev–Trinajstić information content (AvgIpc) is 3.09. The van der Waals surface area contributed by atoms with E-state index < -0.39 is 10.0 Å². The summed E-state index contributed by atoms with van der Waals surface area (Å²) in [5.41, 5.74) is 0.188. The summed E-state index contributed by atoms with van der Waals surface area (Å²) in [6.45, 7) is 0.753. The highest BCUT2D eigenvalue weighted by Crippen LogP contribution is 2.61. The highest BCUT2D eigenvalue weighted by Gasteiger charge is 2.53. The third-order valence-electron chi connectivity index (χ3n) is 7.37. The fraction of sp³-hybridized carbons (Fsp3) is 0.842. The Morgan fingerprint density at radius 2 is 1.79 bits per heavy atom. The predicted octanol–water partition coefficient (Wildman–Crippen LogP) is 2.62. The monoisotopic (exact) mass is 424 g/mol. The number of hydrogen-bond donors (Lipinski definition) is 1. The van der Waals surface area contributed by atoms with Gasteiger partial charge in [-0.3, -0.25) is 4.79 Å². The first kappa shape index (κ1) is 18.9. The van der Waals surface area contributed by atoms with Gasteiger partial charge >= 0.3 is 0 Å². The Bertz CT molecular complexity index is 846. The van der Waals surface area contributed by atoms with Crippen LogP contribution in [0.25, 0.3) is 0 Å². The number of aromatic nitrogens is 2. The molecule has 5 fully saturated rings.